The van der Waals surface area contributed by atoms with E-state index in [1.54, 1.807) is 12.1 Å². The summed E-state index contributed by atoms with van der Waals surface area (Å²) in [4.78, 5) is 10.2. The highest BCUT2D eigenvalue weighted by Gasteiger charge is 2.07. The van der Waals surface area contributed by atoms with Crippen LogP contribution in [0.5, 0.6) is 0 Å². The fourth-order valence-corrected chi connectivity index (χ4v) is 2.25. The predicted molar refractivity (Wildman–Crippen MR) is 77.3 cm³/mol. The number of anilines is 2. The van der Waals surface area contributed by atoms with E-state index in [9.17, 15) is 10.1 Å². The molecule has 0 aliphatic carbocycles. The second-order valence-electron chi connectivity index (χ2n) is 4.34. The van der Waals surface area contributed by atoms with Gasteiger partial charge < -0.3 is 5.32 Å². The molecule has 0 amide bonds. The van der Waals surface area contributed by atoms with Gasteiger partial charge in [-0.25, -0.2) is 0 Å². The molecule has 0 aliphatic heterocycles. The maximum Gasteiger partial charge on any atom is 0.269 e. The number of nitro benzene ring substituents is 1. The van der Waals surface area contributed by atoms with Crippen molar-refractivity contribution in [1.82, 2.24) is 0 Å². The maximum atomic E-state index is 10.6. The lowest BCUT2D eigenvalue weighted by molar-refractivity contribution is -0.384. The molecule has 0 bridgehead atoms. The summed E-state index contributed by atoms with van der Waals surface area (Å²) in [6.45, 7) is 3.93. The minimum Gasteiger partial charge on any atom is -0.355 e. The molecule has 0 aromatic heterocycles. The molecule has 2 rings (SSSR count). The van der Waals surface area contributed by atoms with Crippen molar-refractivity contribution in [2.75, 3.05) is 5.32 Å². The third-order valence-electron chi connectivity index (χ3n) is 2.84. The number of nitro groups is 1. The molecule has 2 aromatic carbocycles. The zero-order valence-corrected chi connectivity index (χ0v) is 11.4. The first-order valence-corrected chi connectivity index (χ1v) is 6.13. The second kappa shape index (κ2) is 5.28. The fourth-order valence-electron chi connectivity index (χ4n) is 1.92. The Kier molecular flexibility index (Phi) is 3.71. The van der Waals surface area contributed by atoms with Crippen LogP contribution in [0.15, 0.2) is 36.4 Å². The SMILES string of the molecule is Cc1cc(Cl)cc(C)c1Nc1ccc([N+](=O)[O-])cc1. The van der Waals surface area contributed by atoms with Crippen molar-refractivity contribution in [2.24, 2.45) is 0 Å². The molecular weight excluding hydrogens is 264 g/mol. The summed E-state index contributed by atoms with van der Waals surface area (Å²) in [6.07, 6.45) is 0. The normalized spacial score (nSPS) is 10.3. The number of nitrogens with zero attached hydrogens (tertiary/aromatic N) is 1. The topological polar surface area (TPSA) is 55.2 Å². The summed E-state index contributed by atoms with van der Waals surface area (Å²) >= 11 is 5.98. The molecule has 0 heterocycles. The van der Waals surface area contributed by atoms with Gasteiger partial charge >= 0.3 is 0 Å². The van der Waals surface area contributed by atoms with E-state index in [1.165, 1.54) is 12.1 Å². The van der Waals surface area contributed by atoms with E-state index >= 15 is 0 Å². The number of hydrogen-bond donors (Lipinski definition) is 1. The summed E-state index contributed by atoms with van der Waals surface area (Å²) in [5.41, 5.74) is 3.92. The van der Waals surface area contributed by atoms with Crippen molar-refractivity contribution in [3.05, 3.63) is 62.7 Å². The molecule has 19 heavy (non-hydrogen) atoms. The number of hydrogen-bond acceptors (Lipinski definition) is 3. The monoisotopic (exact) mass is 276 g/mol. The first-order chi connectivity index (χ1) is 8.97. The minimum atomic E-state index is -0.414. The van der Waals surface area contributed by atoms with E-state index in [1.807, 2.05) is 26.0 Å². The molecule has 1 N–H and O–H groups in total. The zero-order valence-electron chi connectivity index (χ0n) is 10.6. The highest BCUT2D eigenvalue weighted by molar-refractivity contribution is 6.30. The molecule has 0 saturated heterocycles. The van der Waals surface area contributed by atoms with Gasteiger partial charge in [-0.1, -0.05) is 11.6 Å². The van der Waals surface area contributed by atoms with Crippen LogP contribution in [0.25, 0.3) is 0 Å². The predicted octanol–water partition coefficient (Wildman–Crippen LogP) is 4.61. The first kappa shape index (κ1) is 13.4. The molecule has 5 heteroatoms. The Labute approximate surface area is 116 Å². The van der Waals surface area contributed by atoms with Crippen LogP contribution >= 0.6 is 11.6 Å². The lowest BCUT2D eigenvalue weighted by Gasteiger charge is -2.13. The van der Waals surface area contributed by atoms with Crippen LogP contribution < -0.4 is 5.32 Å². The number of aryl methyl sites for hydroxylation is 2. The van der Waals surface area contributed by atoms with Crippen molar-refractivity contribution in [1.29, 1.82) is 0 Å². The Bertz CT molecular complexity index is 601. The van der Waals surface area contributed by atoms with Gasteiger partial charge in [-0.05, 0) is 49.2 Å². The second-order valence-corrected chi connectivity index (χ2v) is 4.78. The van der Waals surface area contributed by atoms with Crippen LogP contribution in [0.4, 0.5) is 17.1 Å². The molecule has 0 fully saturated rings. The quantitative estimate of drug-likeness (QED) is 0.658. The van der Waals surface area contributed by atoms with E-state index in [0.29, 0.717) is 5.02 Å². The van der Waals surface area contributed by atoms with Gasteiger partial charge in [0, 0.05) is 28.5 Å². The summed E-state index contributed by atoms with van der Waals surface area (Å²) in [6, 6.07) is 10.1. The highest BCUT2D eigenvalue weighted by Crippen LogP contribution is 2.28. The van der Waals surface area contributed by atoms with Gasteiger partial charge in [0.1, 0.15) is 0 Å². The number of nitrogens with one attached hydrogen (secondary N) is 1. The molecule has 0 radical (unpaired) electrons. The molecule has 0 spiro atoms. The van der Waals surface area contributed by atoms with Crippen LogP contribution in [0.3, 0.4) is 0 Å². The van der Waals surface area contributed by atoms with Crippen LogP contribution in [-0.2, 0) is 0 Å². The molecule has 0 aliphatic rings. The largest absolute Gasteiger partial charge is 0.355 e. The van der Waals surface area contributed by atoms with Crippen LogP contribution in [-0.4, -0.2) is 4.92 Å². The molecule has 0 atom stereocenters. The molecular formula is C14H13ClN2O2. The third kappa shape index (κ3) is 3.03. The Morgan fingerprint density at radius 1 is 1.11 bits per heavy atom. The Morgan fingerprint density at radius 3 is 2.11 bits per heavy atom. The van der Waals surface area contributed by atoms with Crippen molar-refractivity contribution < 1.29 is 4.92 Å². The Morgan fingerprint density at radius 2 is 1.63 bits per heavy atom. The maximum absolute atomic E-state index is 10.6. The molecule has 0 unspecified atom stereocenters. The zero-order chi connectivity index (χ0) is 14.0. The van der Waals surface area contributed by atoms with Crippen LogP contribution in [0.1, 0.15) is 11.1 Å². The third-order valence-corrected chi connectivity index (χ3v) is 3.06. The Balaban J connectivity index is 2.29. The van der Waals surface area contributed by atoms with Gasteiger partial charge in [0.05, 0.1) is 4.92 Å². The average Bonchev–Trinajstić information content (AvgIpc) is 2.34. The van der Waals surface area contributed by atoms with Gasteiger partial charge in [0.25, 0.3) is 5.69 Å². The number of rotatable bonds is 3. The van der Waals surface area contributed by atoms with Crippen molar-refractivity contribution >= 4 is 28.7 Å². The van der Waals surface area contributed by atoms with Gasteiger partial charge in [-0.15, -0.1) is 0 Å². The molecule has 0 saturated carbocycles. The first-order valence-electron chi connectivity index (χ1n) is 5.75. The van der Waals surface area contributed by atoms with Crippen LogP contribution in [0, 0.1) is 24.0 Å². The van der Waals surface area contributed by atoms with E-state index < -0.39 is 4.92 Å². The van der Waals surface area contributed by atoms with Crippen molar-refractivity contribution in [3.63, 3.8) is 0 Å². The number of halogens is 1. The van der Waals surface area contributed by atoms with Crippen molar-refractivity contribution in [2.45, 2.75) is 13.8 Å². The summed E-state index contributed by atoms with van der Waals surface area (Å²) < 4.78 is 0. The van der Waals surface area contributed by atoms with Gasteiger partial charge in [0.2, 0.25) is 0 Å². The summed E-state index contributed by atoms with van der Waals surface area (Å²) in [7, 11) is 0. The summed E-state index contributed by atoms with van der Waals surface area (Å²) in [5.74, 6) is 0. The van der Waals surface area contributed by atoms with E-state index in [4.69, 9.17) is 11.6 Å². The smallest absolute Gasteiger partial charge is 0.269 e. The van der Waals surface area contributed by atoms with Gasteiger partial charge in [-0.3, -0.25) is 10.1 Å². The van der Waals surface area contributed by atoms with Gasteiger partial charge in [-0.2, -0.15) is 0 Å². The Hall–Kier alpha value is -2.07. The lowest BCUT2D eigenvalue weighted by atomic mass is 10.1. The molecule has 2 aromatic rings. The van der Waals surface area contributed by atoms with Crippen molar-refractivity contribution in [3.8, 4) is 0 Å². The standard InChI is InChI=1S/C14H13ClN2O2/c1-9-7-11(15)8-10(2)14(9)16-12-3-5-13(6-4-12)17(18)19/h3-8,16H,1-2H3. The average molecular weight is 277 g/mol. The van der Waals surface area contributed by atoms with E-state index in [2.05, 4.69) is 5.32 Å². The molecule has 4 nitrogen and oxygen atoms in total. The van der Waals surface area contributed by atoms with E-state index in [0.717, 1.165) is 22.5 Å². The summed E-state index contributed by atoms with van der Waals surface area (Å²) in [5, 5.41) is 14.5. The fraction of sp³-hybridized carbons (Fsp3) is 0.143. The lowest BCUT2D eigenvalue weighted by Crippen LogP contribution is -1.96. The molecule has 98 valence electrons. The number of benzene rings is 2. The van der Waals surface area contributed by atoms with E-state index in [-0.39, 0.29) is 5.69 Å². The minimum absolute atomic E-state index is 0.0788. The van der Waals surface area contributed by atoms with Crippen LogP contribution in [0.2, 0.25) is 5.02 Å². The highest BCUT2D eigenvalue weighted by atomic mass is 35.5. The number of non-ortho nitro benzene ring substituents is 1. The van der Waals surface area contributed by atoms with Gasteiger partial charge in [0.15, 0.2) is 0 Å².